The quantitative estimate of drug-likeness (QED) is 0.755. The Bertz CT molecular complexity index is 412. The maximum absolute atomic E-state index is 9.31. The molecule has 2 atom stereocenters. The molecule has 0 saturated heterocycles. The van der Waals surface area contributed by atoms with E-state index in [1.807, 2.05) is 0 Å². The Balaban J connectivity index is 1.96. The summed E-state index contributed by atoms with van der Waals surface area (Å²) in [5, 5.41) is 13.0. The number of benzene rings is 1. The summed E-state index contributed by atoms with van der Waals surface area (Å²) in [5.74, 6) is 0.929. The fourth-order valence-corrected chi connectivity index (χ4v) is 3.42. The normalized spacial score (nSPS) is 29.0. The zero-order valence-electron chi connectivity index (χ0n) is 13.4. The van der Waals surface area contributed by atoms with Crippen LogP contribution in [0, 0.1) is 5.92 Å². The van der Waals surface area contributed by atoms with Gasteiger partial charge in [-0.05, 0) is 50.0 Å². The van der Waals surface area contributed by atoms with E-state index in [1.165, 1.54) is 18.4 Å². The Morgan fingerprint density at radius 1 is 1.24 bits per heavy atom. The third-order valence-electron chi connectivity index (χ3n) is 5.28. The topological polar surface area (TPSA) is 58.3 Å². The van der Waals surface area contributed by atoms with Crippen LogP contribution in [0.3, 0.4) is 0 Å². The van der Waals surface area contributed by atoms with E-state index in [4.69, 9.17) is 5.73 Å². The van der Waals surface area contributed by atoms with Crippen molar-refractivity contribution in [2.24, 2.45) is 11.7 Å². The van der Waals surface area contributed by atoms with Crippen LogP contribution < -0.4 is 11.1 Å². The zero-order chi connectivity index (χ0) is 15.3. The van der Waals surface area contributed by atoms with Gasteiger partial charge in [0.25, 0.3) is 0 Å². The minimum Gasteiger partial charge on any atom is -0.396 e. The van der Waals surface area contributed by atoms with Gasteiger partial charge >= 0.3 is 0 Å². The van der Waals surface area contributed by atoms with Gasteiger partial charge in [0.1, 0.15) is 0 Å². The molecule has 0 heterocycles. The van der Waals surface area contributed by atoms with E-state index in [9.17, 15) is 5.11 Å². The van der Waals surface area contributed by atoms with Gasteiger partial charge in [-0.15, -0.1) is 0 Å². The predicted molar refractivity (Wildman–Crippen MR) is 88.3 cm³/mol. The van der Waals surface area contributed by atoms with Crippen LogP contribution in [0.5, 0.6) is 0 Å². The number of nitrogens with two attached hydrogens (primary N) is 1. The van der Waals surface area contributed by atoms with Crippen LogP contribution >= 0.6 is 0 Å². The Morgan fingerprint density at radius 2 is 1.86 bits per heavy atom. The summed E-state index contributed by atoms with van der Waals surface area (Å²) in [6.45, 7) is 5.14. The standard InChI is InChI=1S/C18H30N2O/c1-14(12-21)15(2)20-18(13-19)10-8-17(9-11-18)16-6-4-3-5-7-16/h3-7,14-15,17,20-21H,8-13,19H2,1-2H3. The molecule has 21 heavy (non-hydrogen) atoms. The lowest BCUT2D eigenvalue weighted by atomic mass is 9.73. The lowest BCUT2D eigenvalue weighted by Gasteiger charge is -2.43. The number of hydrogen-bond acceptors (Lipinski definition) is 3. The van der Waals surface area contributed by atoms with E-state index in [1.54, 1.807) is 0 Å². The molecule has 3 heteroatoms. The molecule has 0 aliphatic heterocycles. The summed E-state index contributed by atoms with van der Waals surface area (Å²) in [6.07, 6.45) is 4.61. The van der Waals surface area contributed by atoms with Gasteiger partial charge in [0.2, 0.25) is 0 Å². The van der Waals surface area contributed by atoms with Crippen LogP contribution in [0.1, 0.15) is 51.0 Å². The largest absolute Gasteiger partial charge is 0.396 e. The van der Waals surface area contributed by atoms with E-state index >= 15 is 0 Å². The Morgan fingerprint density at radius 3 is 2.38 bits per heavy atom. The van der Waals surface area contributed by atoms with Crippen LogP contribution in [0.2, 0.25) is 0 Å². The highest BCUT2D eigenvalue weighted by Gasteiger charge is 2.36. The van der Waals surface area contributed by atoms with Gasteiger partial charge in [-0.3, -0.25) is 0 Å². The van der Waals surface area contributed by atoms with Gasteiger partial charge in [0.05, 0.1) is 0 Å². The molecule has 0 spiro atoms. The summed E-state index contributed by atoms with van der Waals surface area (Å²) in [4.78, 5) is 0. The molecule has 118 valence electrons. The minimum absolute atomic E-state index is 0.0497. The van der Waals surface area contributed by atoms with Gasteiger partial charge in [-0.1, -0.05) is 37.3 Å². The number of aliphatic hydroxyl groups excluding tert-OH is 1. The summed E-state index contributed by atoms with van der Waals surface area (Å²) in [7, 11) is 0. The van der Waals surface area contributed by atoms with E-state index in [-0.39, 0.29) is 18.1 Å². The first-order chi connectivity index (χ1) is 10.1. The maximum atomic E-state index is 9.31. The molecule has 1 aliphatic carbocycles. The average molecular weight is 290 g/mol. The molecule has 0 aromatic heterocycles. The van der Waals surface area contributed by atoms with Crippen molar-refractivity contribution < 1.29 is 5.11 Å². The first-order valence-electron chi connectivity index (χ1n) is 8.24. The molecule has 1 fully saturated rings. The first-order valence-corrected chi connectivity index (χ1v) is 8.24. The minimum atomic E-state index is 0.0497. The molecule has 1 saturated carbocycles. The Labute approximate surface area is 128 Å². The second-order valence-corrected chi connectivity index (χ2v) is 6.76. The molecular formula is C18H30N2O. The molecular weight excluding hydrogens is 260 g/mol. The van der Waals surface area contributed by atoms with Crippen molar-refractivity contribution in [1.29, 1.82) is 0 Å². The molecule has 0 bridgehead atoms. The Hall–Kier alpha value is -0.900. The highest BCUT2D eigenvalue weighted by Crippen LogP contribution is 2.38. The number of aliphatic hydroxyl groups is 1. The molecule has 0 radical (unpaired) electrons. The summed E-state index contributed by atoms with van der Waals surface area (Å²) in [6, 6.07) is 11.1. The summed E-state index contributed by atoms with van der Waals surface area (Å²) < 4.78 is 0. The highest BCUT2D eigenvalue weighted by molar-refractivity contribution is 5.20. The average Bonchev–Trinajstić information content (AvgIpc) is 2.55. The van der Waals surface area contributed by atoms with Gasteiger partial charge in [-0.2, -0.15) is 0 Å². The van der Waals surface area contributed by atoms with E-state index in [2.05, 4.69) is 49.5 Å². The van der Waals surface area contributed by atoms with Crippen molar-refractivity contribution in [3.63, 3.8) is 0 Å². The van der Waals surface area contributed by atoms with Gasteiger partial charge in [0.15, 0.2) is 0 Å². The molecule has 4 N–H and O–H groups in total. The van der Waals surface area contributed by atoms with Crippen LogP contribution in [-0.2, 0) is 0 Å². The predicted octanol–water partition coefficient (Wildman–Crippen LogP) is 2.65. The molecule has 2 unspecified atom stereocenters. The van der Waals surface area contributed by atoms with Crippen LogP contribution in [0.15, 0.2) is 30.3 Å². The molecule has 1 aromatic rings. The number of rotatable bonds is 6. The monoisotopic (exact) mass is 290 g/mol. The number of nitrogens with one attached hydrogen (secondary N) is 1. The van der Waals surface area contributed by atoms with E-state index in [0.717, 1.165) is 12.8 Å². The fourth-order valence-electron chi connectivity index (χ4n) is 3.42. The third kappa shape index (κ3) is 4.06. The first kappa shape index (κ1) is 16.5. The highest BCUT2D eigenvalue weighted by atomic mass is 16.3. The second-order valence-electron chi connectivity index (χ2n) is 6.76. The SMILES string of the molecule is CC(CO)C(C)NC1(CN)CCC(c2ccccc2)CC1. The molecule has 1 aliphatic rings. The van der Waals surface area contributed by atoms with Crippen LogP contribution in [-0.4, -0.2) is 29.8 Å². The second kappa shape index (κ2) is 7.39. The molecule has 1 aromatic carbocycles. The zero-order valence-corrected chi connectivity index (χ0v) is 13.4. The van der Waals surface area contributed by atoms with Crippen molar-refractivity contribution in [3.05, 3.63) is 35.9 Å². The van der Waals surface area contributed by atoms with Gasteiger partial charge in [0, 0.05) is 24.7 Å². The van der Waals surface area contributed by atoms with Crippen molar-refractivity contribution in [2.75, 3.05) is 13.2 Å². The third-order valence-corrected chi connectivity index (χ3v) is 5.28. The maximum Gasteiger partial charge on any atom is 0.0471 e. The molecule has 3 nitrogen and oxygen atoms in total. The van der Waals surface area contributed by atoms with Crippen molar-refractivity contribution in [1.82, 2.24) is 5.32 Å². The van der Waals surface area contributed by atoms with Gasteiger partial charge < -0.3 is 16.2 Å². The van der Waals surface area contributed by atoms with E-state index in [0.29, 0.717) is 18.5 Å². The fraction of sp³-hybridized carbons (Fsp3) is 0.667. The van der Waals surface area contributed by atoms with Crippen LogP contribution in [0.25, 0.3) is 0 Å². The number of hydrogen-bond donors (Lipinski definition) is 3. The summed E-state index contributed by atoms with van der Waals surface area (Å²) in [5.41, 5.74) is 7.60. The van der Waals surface area contributed by atoms with Crippen molar-refractivity contribution in [2.45, 2.75) is 57.0 Å². The lowest BCUT2D eigenvalue weighted by molar-refractivity contribution is 0.152. The van der Waals surface area contributed by atoms with Crippen LogP contribution in [0.4, 0.5) is 0 Å². The lowest BCUT2D eigenvalue weighted by Crippen LogP contribution is -2.57. The van der Waals surface area contributed by atoms with E-state index < -0.39 is 0 Å². The summed E-state index contributed by atoms with van der Waals surface area (Å²) >= 11 is 0. The molecule has 0 amide bonds. The van der Waals surface area contributed by atoms with Crippen molar-refractivity contribution >= 4 is 0 Å². The van der Waals surface area contributed by atoms with Crippen molar-refractivity contribution in [3.8, 4) is 0 Å². The smallest absolute Gasteiger partial charge is 0.0471 e. The van der Waals surface area contributed by atoms with Gasteiger partial charge in [-0.25, -0.2) is 0 Å². The Kier molecular flexibility index (Phi) is 5.80. The molecule has 2 rings (SSSR count).